The first-order chi connectivity index (χ1) is 14.3. The normalized spacial score (nSPS) is 11.6. The fourth-order valence-electron chi connectivity index (χ4n) is 3.06. The number of aryl methyl sites for hydroxylation is 2. The van der Waals surface area contributed by atoms with Crippen molar-refractivity contribution in [2.45, 2.75) is 13.8 Å². The van der Waals surface area contributed by atoms with Crippen molar-refractivity contribution < 1.29 is 4.79 Å². The monoisotopic (exact) mass is 440 g/mol. The van der Waals surface area contributed by atoms with Crippen LogP contribution in [0.3, 0.4) is 0 Å². The van der Waals surface area contributed by atoms with Crippen LogP contribution < -0.4 is 17.2 Å². The highest BCUT2D eigenvalue weighted by Crippen LogP contribution is 2.37. The molecule has 152 valence electrons. The van der Waals surface area contributed by atoms with Crippen LogP contribution in [0.4, 0.5) is 28.7 Å². The number of anilines is 3. The molecule has 0 atom stereocenters. The van der Waals surface area contributed by atoms with Crippen LogP contribution in [-0.2, 0) is 0 Å². The third kappa shape index (κ3) is 3.25. The fourth-order valence-corrected chi connectivity index (χ4v) is 4.37. The summed E-state index contributed by atoms with van der Waals surface area (Å²) in [5, 5.41) is 13.3. The van der Waals surface area contributed by atoms with Gasteiger partial charge < -0.3 is 17.2 Å². The summed E-state index contributed by atoms with van der Waals surface area (Å²) in [7, 11) is 0. The van der Waals surface area contributed by atoms with Crippen molar-refractivity contribution in [3.63, 3.8) is 0 Å². The standard InChI is InChI=1S/C19H17ClN8OS/c1-8-7-9(2)24-18-12(8)13(21)15(30-18)19(29)28-17(23)14(16(22)27-28)26-25-11-6-4-3-5-10(11)20/h3-7H,21,23H2,1-2H3,(H2,22,27). The smallest absolute Gasteiger partial charge is 0.292 e. The van der Waals surface area contributed by atoms with Gasteiger partial charge in [-0.05, 0) is 37.6 Å². The summed E-state index contributed by atoms with van der Waals surface area (Å²) >= 11 is 7.25. The minimum atomic E-state index is -0.518. The van der Waals surface area contributed by atoms with Gasteiger partial charge in [-0.2, -0.15) is 4.68 Å². The lowest BCUT2D eigenvalue weighted by Crippen LogP contribution is -2.16. The Morgan fingerprint density at radius 2 is 1.90 bits per heavy atom. The molecule has 4 aromatic rings. The molecule has 0 amide bonds. The van der Waals surface area contributed by atoms with Gasteiger partial charge in [-0.3, -0.25) is 4.79 Å². The summed E-state index contributed by atoms with van der Waals surface area (Å²) in [6.07, 6.45) is 0. The lowest BCUT2D eigenvalue weighted by atomic mass is 10.1. The molecule has 0 bridgehead atoms. The average Bonchev–Trinajstić information content (AvgIpc) is 3.17. The molecule has 9 nitrogen and oxygen atoms in total. The van der Waals surface area contributed by atoms with Gasteiger partial charge in [0.15, 0.2) is 17.3 Å². The predicted molar refractivity (Wildman–Crippen MR) is 120 cm³/mol. The Bertz CT molecular complexity index is 1340. The average molecular weight is 441 g/mol. The molecule has 1 aromatic carbocycles. The molecule has 0 radical (unpaired) electrons. The molecule has 6 N–H and O–H groups in total. The number of aromatic nitrogens is 3. The molecule has 11 heteroatoms. The lowest BCUT2D eigenvalue weighted by Gasteiger charge is -2.02. The summed E-state index contributed by atoms with van der Waals surface area (Å²) < 4.78 is 0.972. The second-order valence-corrected chi connectivity index (χ2v) is 8.00. The van der Waals surface area contributed by atoms with Crippen LogP contribution in [0.25, 0.3) is 10.2 Å². The van der Waals surface area contributed by atoms with Crippen LogP contribution in [0.5, 0.6) is 0 Å². The lowest BCUT2D eigenvalue weighted by molar-refractivity contribution is 0.0953. The Labute approximate surface area is 180 Å². The molecule has 0 saturated carbocycles. The molecule has 0 unspecified atom stereocenters. The van der Waals surface area contributed by atoms with Crippen LogP contribution in [0.1, 0.15) is 20.9 Å². The number of carbonyl (C=O) groups excluding carboxylic acids is 1. The van der Waals surface area contributed by atoms with Crippen molar-refractivity contribution >= 4 is 67.8 Å². The number of hydrogen-bond donors (Lipinski definition) is 3. The second kappa shape index (κ2) is 7.39. The van der Waals surface area contributed by atoms with E-state index in [1.165, 1.54) is 11.3 Å². The van der Waals surface area contributed by atoms with Crippen LogP contribution >= 0.6 is 22.9 Å². The van der Waals surface area contributed by atoms with E-state index in [9.17, 15) is 4.79 Å². The number of rotatable bonds is 3. The predicted octanol–water partition coefficient (Wildman–Crippen LogP) is 4.61. The number of pyridine rings is 1. The summed E-state index contributed by atoms with van der Waals surface area (Å²) in [5.74, 6) is -0.608. The minimum Gasteiger partial charge on any atom is -0.397 e. The number of thiophene rings is 1. The Kier molecular flexibility index (Phi) is 4.88. The third-order valence-corrected chi connectivity index (χ3v) is 5.85. The number of hydrogen-bond acceptors (Lipinski definition) is 9. The topological polar surface area (TPSA) is 151 Å². The highest BCUT2D eigenvalue weighted by Gasteiger charge is 2.25. The van der Waals surface area contributed by atoms with E-state index in [1.807, 2.05) is 19.9 Å². The number of benzene rings is 1. The molecule has 0 saturated heterocycles. The van der Waals surface area contributed by atoms with E-state index in [0.29, 0.717) is 21.2 Å². The summed E-state index contributed by atoms with van der Waals surface area (Å²) in [6.45, 7) is 3.80. The molecule has 0 fully saturated rings. The largest absolute Gasteiger partial charge is 0.397 e. The molecule has 0 aliphatic heterocycles. The van der Waals surface area contributed by atoms with Crippen molar-refractivity contribution in [1.29, 1.82) is 0 Å². The zero-order valence-electron chi connectivity index (χ0n) is 16.0. The first-order valence-electron chi connectivity index (χ1n) is 8.79. The van der Waals surface area contributed by atoms with Gasteiger partial charge in [0.1, 0.15) is 15.4 Å². The van der Waals surface area contributed by atoms with Crippen molar-refractivity contribution in [2.24, 2.45) is 10.2 Å². The molecule has 3 aromatic heterocycles. The molecule has 0 spiro atoms. The zero-order chi connectivity index (χ0) is 21.6. The second-order valence-electron chi connectivity index (χ2n) is 6.59. The maximum absolute atomic E-state index is 13.1. The van der Waals surface area contributed by atoms with Crippen LogP contribution in [-0.4, -0.2) is 20.7 Å². The summed E-state index contributed by atoms with van der Waals surface area (Å²) in [5.41, 5.74) is 20.9. The number of halogens is 1. The van der Waals surface area contributed by atoms with Crippen LogP contribution in [0.2, 0.25) is 5.02 Å². The third-order valence-electron chi connectivity index (χ3n) is 4.44. The van der Waals surface area contributed by atoms with Gasteiger partial charge >= 0.3 is 0 Å². The van der Waals surface area contributed by atoms with Gasteiger partial charge in [0.05, 0.1) is 10.7 Å². The Morgan fingerprint density at radius 1 is 1.17 bits per heavy atom. The van der Waals surface area contributed by atoms with Gasteiger partial charge in [0.2, 0.25) is 0 Å². The number of fused-ring (bicyclic) bond motifs is 1. The summed E-state index contributed by atoms with van der Waals surface area (Å²) in [4.78, 5) is 18.5. The molecular formula is C19H17ClN8OS. The maximum atomic E-state index is 13.1. The number of carbonyl (C=O) groups is 1. The Balaban J connectivity index is 1.76. The quantitative estimate of drug-likeness (QED) is 0.395. The van der Waals surface area contributed by atoms with E-state index in [4.69, 9.17) is 28.8 Å². The van der Waals surface area contributed by atoms with Crippen molar-refractivity contribution in [2.75, 3.05) is 17.2 Å². The van der Waals surface area contributed by atoms with Gasteiger partial charge in [0, 0.05) is 11.1 Å². The van der Waals surface area contributed by atoms with Gasteiger partial charge in [-0.15, -0.1) is 26.7 Å². The van der Waals surface area contributed by atoms with E-state index >= 15 is 0 Å². The number of azo groups is 1. The highest BCUT2D eigenvalue weighted by molar-refractivity contribution is 7.21. The van der Waals surface area contributed by atoms with Gasteiger partial charge in [-0.25, -0.2) is 4.98 Å². The molecular weight excluding hydrogens is 424 g/mol. The van der Waals surface area contributed by atoms with Gasteiger partial charge in [-0.1, -0.05) is 23.7 Å². The molecule has 0 aliphatic rings. The number of nitrogens with two attached hydrogens (primary N) is 3. The van der Waals surface area contributed by atoms with E-state index in [0.717, 1.165) is 21.3 Å². The van der Waals surface area contributed by atoms with Crippen molar-refractivity contribution in [3.05, 3.63) is 51.5 Å². The highest BCUT2D eigenvalue weighted by atomic mass is 35.5. The zero-order valence-corrected chi connectivity index (χ0v) is 17.6. The van der Waals surface area contributed by atoms with Crippen molar-refractivity contribution in [3.8, 4) is 0 Å². The first-order valence-corrected chi connectivity index (χ1v) is 9.98. The van der Waals surface area contributed by atoms with E-state index in [-0.39, 0.29) is 22.2 Å². The first kappa shape index (κ1) is 19.8. The van der Waals surface area contributed by atoms with Crippen molar-refractivity contribution in [1.82, 2.24) is 14.8 Å². The van der Waals surface area contributed by atoms with Gasteiger partial charge in [0.25, 0.3) is 5.91 Å². The minimum absolute atomic E-state index is 0.0403. The van der Waals surface area contributed by atoms with Crippen LogP contribution in [0.15, 0.2) is 40.6 Å². The van der Waals surface area contributed by atoms with E-state index in [1.54, 1.807) is 24.3 Å². The number of nitrogen functional groups attached to an aromatic ring is 3. The number of nitrogens with zero attached hydrogens (tertiary/aromatic N) is 5. The summed E-state index contributed by atoms with van der Waals surface area (Å²) in [6, 6.07) is 8.81. The molecule has 30 heavy (non-hydrogen) atoms. The van der Waals surface area contributed by atoms with E-state index < -0.39 is 5.91 Å². The molecule has 0 aliphatic carbocycles. The van der Waals surface area contributed by atoms with E-state index in [2.05, 4.69) is 20.3 Å². The Hall–Kier alpha value is -3.50. The van der Waals surface area contributed by atoms with Crippen LogP contribution in [0, 0.1) is 13.8 Å². The molecule has 3 heterocycles. The maximum Gasteiger partial charge on any atom is 0.292 e. The molecule has 4 rings (SSSR count). The SMILES string of the molecule is Cc1cc(C)c2c(N)c(C(=O)n3nc(N)c(N=Nc4ccccc4Cl)c3N)sc2n1. The Morgan fingerprint density at radius 3 is 2.63 bits per heavy atom. The fraction of sp³-hybridized carbons (Fsp3) is 0.105.